The van der Waals surface area contributed by atoms with Crippen LogP contribution in [0.2, 0.25) is 0 Å². The fourth-order valence-electron chi connectivity index (χ4n) is 2.07. The van der Waals surface area contributed by atoms with Crippen molar-refractivity contribution in [2.75, 3.05) is 20.7 Å². The fraction of sp³-hybridized carbons (Fsp3) is 0.929. The first kappa shape index (κ1) is 20.3. The Hall–Kier alpha value is -0.660. The second-order valence-corrected chi connectivity index (χ2v) is 7.03. The van der Waals surface area contributed by atoms with Crippen LogP contribution in [0.25, 0.3) is 0 Å². The largest absolute Gasteiger partial charge is 0.469 e. The van der Waals surface area contributed by atoms with Crippen LogP contribution in [-0.4, -0.2) is 39.4 Å². The van der Waals surface area contributed by atoms with Gasteiger partial charge < -0.3 is 4.74 Å². The summed E-state index contributed by atoms with van der Waals surface area (Å²) in [5.41, 5.74) is 0. The number of nitrogens with zero attached hydrogens (tertiary/aromatic N) is 1. The van der Waals surface area contributed by atoms with E-state index in [1.54, 1.807) is 0 Å². The maximum atomic E-state index is 11.0. The van der Waals surface area contributed by atoms with E-state index in [1.165, 1.54) is 37.7 Å². The molecular formula is C14H30N2O4S. The number of ether oxygens (including phenoxy) is 1. The van der Waals surface area contributed by atoms with Crippen molar-refractivity contribution in [3.63, 3.8) is 0 Å². The summed E-state index contributed by atoms with van der Waals surface area (Å²) in [5, 5.41) is 5.00. The molecule has 7 heteroatoms. The molecule has 0 aliphatic heterocycles. The van der Waals surface area contributed by atoms with Crippen molar-refractivity contribution >= 4 is 16.2 Å². The summed E-state index contributed by atoms with van der Waals surface area (Å²) in [7, 11) is -0.597. The maximum absolute atomic E-state index is 11.0. The molecule has 6 nitrogen and oxygen atoms in total. The molecule has 0 aliphatic rings. The van der Waals surface area contributed by atoms with Crippen molar-refractivity contribution < 1.29 is 17.9 Å². The van der Waals surface area contributed by atoms with Crippen LogP contribution in [0.15, 0.2) is 0 Å². The Labute approximate surface area is 129 Å². The normalized spacial score (nSPS) is 11.8. The van der Waals surface area contributed by atoms with Gasteiger partial charge in [0.15, 0.2) is 0 Å². The summed E-state index contributed by atoms with van der Waals surface area (Å²) in [4.78, 5) is 10.9. The Kier molecular flexibility index (Phi) is 11.6. The van der Waals surface area contributed by atoms with Gasteiger partial charge >= 0.3 is 5.97 Å². The minimum Gasteiger partial charge on any atom is -0.469 e. The molecule has 0 bridgehead atoms. The van der Waals surface area contributed by atoms with Gasteiger partial charge in [0.1, 0.15) is 0 Å². The highest BCUT2D eigenvalue weighted by molar-refractivity contribution is 7.86. The average Bonchev–Trinajstić information content (AvgIpc) is 2.43. The SMILES string of the molecule is COC(=O)CCCCCCCCCCCN(C)S(N)(=O)=O. The van der Waals surface area contributed by atoms with Crippen molar-refractivity contribution in [3.8, 4) is 0 Å². The zero-order valence-electron chi connectivity index (χ0n) is 13.3. The summed E-state index contributed by atoms with van der Waals surface area (Å²) < 4.78 is 27.7. The lowest BCUT2D eigenvalue weighted by Crippen LogP contribution is -2.33. The van der Waals surface area contributed by atoms with Crippen LogP contribution in [0.4, 0.5) is 0 Å². The molecule has 2 N–H and O–H groups in total. The number of nitrogens with two attached hydrogens (primary N) is 1. The number of methoxy groups -OCH3 is 1. The Bertz CT molecular complexity index is 371. The van der Waals surface area contributed by atoms with Crippen LogP contribution in [0, 0.1) is 0 Å². The summed E-state index contributed by atoms with van der Waals surface area (Å²) in [6.07, 6.45) is 10.2. The molecular weight excluding hydrogens is 292 g/mol. The molecule has 0 aromatic heterocycles. The average molecular weight is 322 g/mol. The number of hydrogen-bond acceptors (Lipinski definition) is 4. The van der Waals surface area contributed by atoms with Crippen molar-refractivity contribution in [2.45, 2.75) is 64.2 Å². The molecule has 0 rings (SSSR count). The highest BCUT2D eigenvalue weighted by atomic mass is 32.2. The fourth-order valence-corrected chi connectivity index (χ4v) is 2.45. The third-order valence-corrected chi connectivity index (χ3v) is 4.57. The van der Waals surface area contributed by atoms with Crippen LogP contribution < -0.4 is 5.14 Å². The molecule has 0 aliphatic carbocycles. The van der Waals surface area contributed by atoms with Crippen LogP contribution >= 0.6 is 0 Å². The Balaban J connectivity index is 3.25. The van der Waals surface area contributed by atoms with Crippen molar-refractivity contribution in [3.05, 3.63) is 0 Å². The molecule has 0 atom stereocenters. The molecule has 126 valence electrons. The standard InChI is InChI=1S/C14H30N2O4S/c1-16(21(15,18)19)13-11-9-7-5-3-4-6-8-10-12-14(17)20-2/h3-13H2,1-2H3,(H2,15,18,19). The predicted octanol–water partition coefficient (Wildman–Crippen LogP) is 2.20. The van der Waals surface area contributed by atoms with Gasteiger partial charge in [-0.1, -0.05) is 44.9 Å². The molecule has 0 radical (unpaired) electrons. The van der Waals surface area contributed by atoms with E-state index in [-0.39, 0.29) is 5.97 Å². The minimum absolute atomic E-state index is 0.125. The third-order valence-electron chi connectivity index (χ3n) is 3.52. The van der Waals surface area contributed by atoms with E-state index in [0.29, 0.717) is 13.0 Å². The van der Waals surface area contributed by atoms with Gasteiger partial charge in [-0.15, -0.1) is 0 Å². The molecule has 0 heterocycles. The Morgan fingerprint density at radius 2 is 1.38 bits per heavy atom. The summed E-state index contributed by atoms with van der Waals surface area (Å²) in [5.74, 6) is -0.125. The van der Waals surface area contributed by atoms with Gasteiger partial charge in [-0.2, -0.15) is 12.7 Å². The minimum atomic E-state index is -3.52. The molecule has 0 amide bonds. The number of hydrogen-bond donors (Lipinski definition) is 1. The number of esters is 1. The lowest BCUT2D eigenvalue weighted by Gasteiger charge is -2.12. The first-order valence-electron chi connectivity index (χ1n) is 7.69. The van der Waals surface area contributed by atoms with E-state index in [2.05, 4.69) is 4.74 Å². The van der Waals surface area contributed by atoms with Crippen LogP contribution in [0.3, 0.4) is 0 Å². The Morgan fingerprint density at radius 3 is 1.81 bits per heavy atom. The van der Waals surface area contributed by atoms with Crippen molar-refractivity contribution in [2.24, 2.45) is 5.14 Å². The summed E-state index contributed by atoms with van der Waals surface area (Å²) >= 11 is 0. The van der Waals surface area contributed by atoms with Gasteiger partial charge in [0.25, 0.3) is 10.2 Å². The summed E-state index contributed by atoms with van der Waals surface area (Å²) in [6, 6.07) is 0. The van der Waals surface area contributed by atoms with E-state index in [9.17, 15) is 13.2 Å². The van der Waals surface area contributed by atoms with Crippen LogP contribution in [-0.2, 0) is 19.7 Å². The third kappa shape index (κ3) is 12.8. The molecule has 0 aromatic carbocycles. The molecule has 0 fully saturated rings. The summed E-state index contributed by atoms with van der Waals surface area (Å²) in [6.45, 7) is 0.492. The zero-order valence-corrected chi connectivity index (χ0v) is 14.2. The molecule has 21 heavy (non-hydrogen) atoms. The first-order valence-corrected chi connectivity index (χ1v) is 9.19. The quantitative estimate of drug-likeness (QED) is 0.416. The number of carbonyl (C=O) groups excluding carboxylic acids is 1. The highest BCUT2D eigenvalue weighted by Crippen LogP contribution is 2.11. The number of carbonyl (C=O) groups is 1. The molecule has 0 saturated carbocycles. The van der Waals surface area contributed by atoms with E-state index in [1.807, 2.05) is 0 Å². The van der Waals surface area contributed by atoms with Crippen LogP contribution in [0.1, 0.15) is 64.2 Å². The Morgan fingerprint density at radius 1 is 0.952 bits per heavy atom. The molecule has 0 spiro atoms. The van der Waals surface area contributed by atoms with E-state index >= 15 is 0 Å². The second-order valence-electron chi connectivity index (χ2n) is 5.37. The van der Waals surface area contributed by atoms with Gasteiger partial charge in [0, 0.05) is 20.0 Å². The van der Waals surface area contributed by atoms with Crippen molar-refractivity contribution in [1.29, 1.82) is 0 Å². The van der Waals surface area contributed by atoms with Gasteiger partial charge in [-0.25, -0.2) is 5.14 Å². The van der Waals surface area contributed by atoms with Gasteiger partial charge in [-0.05, 0) is 12.8 Å². The maximum Gasteiger partial charge on any atom is 0.305 e. The topological polar surface area (TPSA) is 89.7 Å². The van der Waals surface area contributed by atoms with Gasteiger partial charge in [-0.3, -0.25) is 4.79 Å². The number of unbranched alkanes of at least 4 members (excludes halogenated alkanes) is 8. The predicted molar refractivity (Wildman–Crippen MR) is 83.9 cm³/mol. The van der Waals surface area contributed by atoms with E-state index in [0.717, 1.165) is 38.5 Å². The van der Waals surface area contributed by atoms with Crippen molar-refractivity contribution in [1.82, 2.24) is 4.31 Å². The molecule has 0 unspecified atom stereocenters. The van der Waals surface area contributed by atoms with E-state index in [4.69, 9.17) is 5.14 Å². The van der Waals surface area contributed by atoms with Gasteiger partial charge in [0.2, 0.25) is 0 Å². The highest BCUT2D eigenvalue weighted by Gasteiger charge is 2.09. The van der Waals surface area contributed by atoms with Gasteiger partial charge in [0.05, 0.1) is 7.11 Å². The molecule has 0 aromatic rings. The van der Waals surface area contributed by atoms with E-state index < -0.39 is 10.2 Å². The van der Waals surface area contributed by atoms with Crippen LogP contribution in [0.5, 0.6) is 0 Å². The monoisotopic (exact) mass is 322 g/mol. The lowest BCUT2D eigenvalue weighted by atomic mass is 10.1. The zero-order chi connectivity index (χ0) is 16.1. The molecule has 0 saturated heterocycles. The number of rotatable bonds is 13. The smallest absolute Gasteiger partial charge is 0.305 e. The first-order chi connectivity index (χ1) is 9.88. The lowest BCUT2D eigenvalue weighted by molar-refractivity contribution is -0.140. The second kappa shape index (κ2) is 11.9.